The Morgan fingerprint density at radius 3 is 2.71 bits per heavy atom. The molecule has 0 bridgehead atoms. The van der Waals surface area contributed by atoms with E-state index in [-0.39, 0.29) is 0 Å². The molecule has 2 N–H and O–H groups in total. The summed E-state index contributed by atoms with van der Waals surface area (Å²) >= 11 is 6.21. The Hall–Kier alpha value is -2.15. The third-order valence-electron chi connectivity index (χ3n) is 3.48. The van der Waals surface area contributed by atoms with Crippen molar-refractivity contribution in [3.05, 3.63) is 29.7 Å². The molecule has 110 valence electrons. The minimum Gasteiger partial charge on any atom is -0.382 e. The third-order valence-corrected chi connectivity index (χ3v) is 3.84. The highest BCUT2D eigenvalue weighted by atomic mass is 35.5. The van der Waals surface area contributed by atoms with Crippen LogP contribution in [0.15, 0.2) is 24.7 Å². The second kappa shape index (κ2) is 6.09. The summed E-state index contributed by atoms with van der Waals surface area (Å²) in [6.07, 6.45) is 4.11. The molecule has 1 aliphatic heterocycles. The maximum Gasteiger partial charge on any atom is 0.153 e. The number of nitrogens with zero attached hydrogens (tertiary/aromatic N) is 6. The number of rotatable bonds is 2. The van der Waals surface area contributed by atoms with E-state index < -0.39 is 0 Å². The van der Waals surface area contributed by atoms with Crippen molar-refractivity contribution in [3.8, 4) is 0 Å². The highest BCUT2D eigenvalue weighted by molar-refractivity contribution is 6.35. The third kappa shape index (κ3) is 2.97. The summed E-state index contributed by atoms with van der Waals surface area (Å²) in [4.78, 5) is 12.5. The van der Waals surface area contributed by atoms with E-state index in [1.54, 1.807) is 6.20 Å². The van der Waals surface area contributed by atoms with Crippen molar-refractivity contribution < 1.29 is 0 Å². The van der Waals surface area contributed by atoms with Gasteiger partial charge < -0.3 is 15.5 Å². The molecule has 0 atom stereocenters. The van der Waals surface area contributed by atoms with Crippen LogP contribution >= 0.6 is 11.6 Å². The number of hydrogen-bond acceptors (Lipinski definition) is 7. The fourth-order valence-electron chi connectivity index (χ4n) is 2.41. The predicted octanol–water partition coefficient (Wildman–Crippen LogP) is 1.22. The van der Waals surface area contributed by atoms with Crippen LogP contribution in [0, 0.1) is 0 Å². The first-order valence-corrected chi connectivity index (χ1v) is 7.17. The van der Waals surface area contributed by atoms with Gasteiger partial charge in [0.25, 0.3) is 0 Å². The normalized spacial score (nSPS) is 15.9. The van der Waals surface area contributed by atoms with Crippen LogP contribution in [-0.2, 0) is 0 Å². The van der Waals surface area contributed by atoms with Gasteiger partial charge in [-0.2, -0.15) is 5.10 Å². The monoisotopic (exact) mass is 305 g/mol. The molecule has 0 unspecified atom stereocenters. The lowest BCUT2D eigenvalue weighted by molar-refractivity contribution is 0.785. The van der Waals surface area contributed by atoms with Crippen LogP contribution in [0.5, 0.6) is 0 Å². The number of hydrogen-bond donors (Lipinski definition) is 1. The summed E-state index contributed by atoms with van der Waals surface area (Å²) in [5.74, 6) is 1.91. The molecule has 7 nitrogen and oxygen atoms in total. The summed E-state index contributed by atoms with van der Waals surface area (Å²) in [6.45, 7) is 3.42. The molecule has 1 aliphatic rings. The van der Waals surface area contributed by atoms with E-state index in [2.05, 4.69) is 30.0 Å². The second-order valence-corrected chi connectivity index (χ2v) is 5.18. The summed E-state index contributed by atoms with van der Waals surface area (Å²) in [5, 5.41) is 8.51. The predicted molar refractivity (Wildman–Crippen MR) is 82.5 cm³/mol. The van der Waals surface area contributed by atoms with Crippen molar-refractivity contribution in [2.45, 2.75) is 6.42 Å². The van der Waals surface area contributed by atoms with Gasteiger partial charge in [-0.3, -0.25) is 0 Å². The minimum atomic E-state index is 0.316. The molecule has 3 heterocycles. The number of nitrogen functional groups attached to an aromatic ring is 1. The number of aromatic nitrogens is 4. The van der Waals surface area contributed by atoms with Crippen molar-refractivity contribution in [3.63, 3.8) is 0 Å². The standard InChI is InChI=1S/C13H16ClN7/c14-11-12(15)16-9-17-13(11)21-6-2-5-20(7-8-21)10-3-1-4-18-19-10/h1,3-4,9H,2,5-8H2,(H2,15,16,17). The second-order valence-electron chi connectivity index (χ2n) is 4.81. The molecule has 0 aromatic carbocycles. The van der Waals surface area contributed by atoms with E-state index in [4.69, 9.17) is 17.3 Å². The Balaban J connectivity index is 1.75. The van der Waals surface area contributed by atoms with Crippen molar-refractivity contribution in [2.75, 3.05) is 41.7 Å². The van der Waals surface area contributed by atoms with Gasteiger partial charge in [-0.05, 0) is 18.6 Å². The van der Waals surface area contributed by atoms with Gasteiger partial charge in [-0.15, -0.1) is 5.10 Å². The van der Waals surface area contributed by atoms with Gasteiger partial charge in [0.1, 0.15) is 17.2 Å². The van der Waals surface area contributed by atoms with Gasteiger partial charge in [-0.1, -0.05) is 11.6 Å². The lowest BCUT2D eigenvalue weighted by Gasteiger charge is -2.23. The quantitative estimate of drug-likeness (QED) is 0.893. The molecule has 0 spiro atoms. The topological polar surface area (TPSA) is 84.1 Å². The Morgan fingerprint density at radius 1 is 1.10 bits per heavy atom. The maximum absolute atomic E-state index is 6.21. The molecule has 0 amide bonds. The van der Waals surface area contributed by atoms with Crippen molar-refractivity contribution >= 4 is 29.1 Å². The van der Waals surface area contributed by atoms with Crippen molar-refractivity contribution in [1.29, 1.82) is 0 Å². The molecule has 0 aliphatic carbocycles. The van der Waals surface area contributed by atoms with Crippen LogP contribution in [-0.4, -0.2) is 46.3 Å². The lowest BCUT2D eigenvalue weighted by Crippen LogP contribution is -2.31. The fourth-order valence-corrected chi connectivity index (χ4v) is 2.63. The zero-order valence-electron chi connectivity index (χ0n) is 11.5. The Bertz CT molecular complexity index is 607. The van der Waals surface area contributed by atoms with Crippen molar-refractivity contribution in [2.24, 2.45) is 0 Å². The molecule has 21 heavy (non-hydrogen) atoms. The molecule has 2 aromatic heterocycles. The summed E-state index contributed by atoms with van der Waals surface area (Å²) in [6, 6.07) is 3.87. The van der Waals surface area contributed by atoms with Crippen LogP contribution in [0.25, 0.3) is 0 Å². The Kier molecular flexibility index (Phi) is 4.01. The molecule has 8 heteroatoms. The van der Waals surface area contributed by atoms with E-state index >= 15 is 0 Å². The van der Waals surface area contributed by atoms with Crippen molar-refractivity contribution in [1.82, 2.24) is 20.2 Å². The summed E-state index contributed by atoms with van der Waals surface area (Å²) in [7, 11) is 0. The van der Waals surface area contributed by atoms with E-state index in [0.29, 0.717) is 16.7 Å². The van der Waals surface area contributed by atoms with Crippen LogP contribution in [0.1, 0.15) is 6.42 Å². The van der Waals surface area contributed by atoms with Gasteiger partial charge in [-0.25, -0.2) is 9.97 Å². The van der Waals surface area contributed by atoms with E-state index in [9.17, 15) is 0 Å². The highest BCUT2D eigenvalue weighted by Gasteiger charge is 2.20. The number of halogens is 1. The average Bonchev–Trinajstić information content (AvgIpc) is 2.77. The SMILES string of the molecule is Nc1ncnc(N2CCCN(c3cccnn3)CC2)c1Cl. The minimum absolute atomic E-state index is 0.316. The van der Waals surface area contributed by atoms with Gasteiger partial charge in [0, 0.05) is 32.4 Å². The lowest BCUT2D eigenvalue weighted by atomic mass is 10.3. The van der Waals surface area contributed by atoms with Gasteiger partial charge >= 0.3 is 0 Å². The van der Waals surface area contributed by atoms with E-state index in [1.165, 1.54) is 6.33 Å². The first-order valence-electron chi connectivity index (χ1n) is 6.79. The number of nitrogens with two attached hydrogens (primary N) is 1. The molecule has 3 rings (SSSR count). The van der Waals surface area contributed by atoms with E-state index in [0.717, 1.165) is 38.4 Å². The van der Waals surface area contributed by atoms with Gasteiger partial charge in [0.05, 0.1) is 0 Å². The fraction of sp³-hybridized carbons (Fsp3) is 0.385. The zero-order valence-corrected chi connectivity index (χ0v) is 12.2. The highest BCUT2D eigenvalue weighted by Crippen LogP contribution is 2.27. The van der Waals surface area contributed by atoms with E-state index in [1.807, 2.05) is 12.1 Å². The summed E-state index contributed by atoms with van der Waals surface area (Å²) < 4.78 is 0. The van der Waals surface area contributed by atoms with Gasteiger partial charge in [0.2, 0.25) is 0 Å². The van der Waals surface area contributed by atoms with Crippen LogP contribution in [0.2, 0.25) is 5.02 Å². The largest absolute Gasteiger partial charge is 0.382 e. The molecule has 0 radical (unpaired) electrons. The maximum atomic E-state index is 6.21. The smallest absolute Gasteiger partial charge is 0.153 e. The first kappa shape index (κ1) is 13.8. The van der Waals surface area contributed by atoms with Crippen LogP contribution in [0.4, 0.5) is 17.5 Å². The molecule has 1 saturated heterocycles. The zero-order chi connectivity index (χ0) is 14.7. The Labute approximate surface area is 127 Å². The molecular weight excluding hydrogens is 290 g/mol. The average molecular weight is 306 g/mol. The Morgan fingerprint density at radius 2 is 1.90 bits per heavy atom. The molecular formula is C13H16ClN7. The summed E-state index contributed by atoms with van der Waals surface area (Å²) in [5.41, 5.74) is 5.75. The molecule has 2 aromatic rings. The molecule has 1 fully saturated rings. The number of anilines is 3. The molecule has 0 saturated carbocycles. The first-order chi connectivity index (χ1) is 10.3. The van der Waals surface area contributed by atoms with Crippen LogP contribution < -0.4 is 15.5 Å². The van der Waals surface area contributed by atoms with Gasteiger partial charge in [0.15, 0.2) is 11.6 Å². The van der Waals surface area contributed by atoms with Crippen LogP contribution in [0.3, 0.4) is 0 Å².